The summed E-state index contributed by atoms with van der Waals surface area (Å²) in [5.41, 5.74) is 6.51. The van der Waals surface area contributed by atoms with Crippen LogP contribution in [-0.4, -0.2) is 42.3 Å². The molecular formula is C16H25FN2O. The van der Waals surface area contributed by atoms with Gasteiger partial charge in [0.2, 0.25) is 0 Å². The molecule has 0 bridgehead atoms. The highest BCUT2D eigenvalue weighted by atomic mass is 19.1. The molecule has 3 atom stereocenters. The van der Waals surface area contributed by atoms with Crippen LogP contribution in [0.2, 0.25) is 0 Å². The fraction of sp³-hybridized carbons (Fsp3) is 0.625. The van der Waals surface area contributed by atoms with Gasteiger partial charge >= 0.3 is 0 Å². The minimum atomic E-state index is -0.242. The van der Waals surface area contributed by atoms with Crippen molar-refractivity contribution < 1.29 is 9.13 Å². The Morgan fingerprint density at radius 3 is 2.45 bits per heavy atom. The molecule has 1 aliphatic rings. The van der Waals surface area contributed by atoms with Crippen molar-refractivity contribution in [2.45, 2.75) is 44.9 Å². The van der Waals surface area contributed by atoms with Crippen molar-refractivity contribution in [2.24, 2.45) is 5.73 Å². The molecule has 0 aliphatic carbocycles. The number of morpholine rings is 1. The van der Waals surface area contributed by atoms with E-state index in [0.717, 1.165) is 18.7 Å². The Kier molecular flexibility index (Phi) is 4.78. The summed E-state index contributed by atoms with van der Waals surface area (Å²) in [4.78, 5) is 2.35. The zero-order chi connectivity index (χ0) is 14.8. The van der Waals surface area contributed by atoms with Crippen LogP contribution in [0.25, 0.3) is 0 Å². The first-order valence-corrected chi connectivity index (χ1v) is 7.28. The second-order valence-electron chi connectivity index (χ2n) is 6.13. The monoisotopic (exact) mass is 280 g/mol. The highest BCUT2D eigenvalue weighted by Gasteiger charge is 2.36. The molecular weight excluding hydrogens is 255 g/mol. The Balaban J connectivity index is 2.18. The summed E-state index contributed by atoms with van der Waals surface area (Å²) in [5, 5.41) is 0. The number of hydrogen-bond acceptors (Lipinski definition) is 3. The highest BCUT2D eigenvalue weighted by molar-refractivity contribution is 5.20. The smallest absolute Gasteiger partial charge is 0.126 e. The van der Waals surface area contributed by atoms with Crippen LogP contribution in [0.15, 0.2) is 24.3 Å². The molecule has 1 aliphatic heterocycles. The van der Waals surface area contributed by atoms with Gasteiger partial charge in [0, 0.05) is 25.2 Å². The molecule has 2 rings (SSSR count). The van der Waals surface area contributed by atoms with E-state index in [1.807, 2.05) is 12.1 Å². The number of rotatable bonds is 4. The second-order valence-corrected chi connectivity index (χ2v) is 6.13. The van der Waals surface area contributed by atoms with E-state index in [0.29, 0.717) is 13.0 Å². The summed E-state index contributed by atoms with van der Waals surface area (Å²) in [6, 6.07) is 6.95. The normalized spacial score (nSPS) is 27.2. The molecule has 0 saturated carbocycles. The maximum atomic E-state index is 13.9. The van der Waals surface area contributed by atoms with E-state index < -0.39 is 0 Å². The number of nitrogens with zero attached hydrogens (tertiary/aromatic N) is 1. The Bertz CT molecular complexity index is 444. The molecule has 1 heterocycles. The third-order valence-electron chi connectivity index (χ3n) is 4.15. The topological polar surface area (TPSA) is 38.5 Å². The molecule has 112 valence electrons. The molecule has 4 heteroatoms. The summed E-state index contributed by atoms with van der Waals surface area (Å²) in [5.74, 6) is -0.151. The molecule has 0 spiro atoms. The minimum Gasteiger partial charge on any atom is -0.373 e. The first-order chi connectivity index (χ1) is 9.44. The lowest BCUT2D eigenvalue weighted by molar-refractivity contribution is -0.0973. The molecule has 20 heavy (non-hydrogen) atoms. The molecule has 3 nitrogen and oxygen atoms in total. The van der Waals surface area contributed by atoms with Gasteiger partial charge in [-0.3, -0.25) is 4.90 Å². The fourth-order valence-corrected chi connectivity index (χ4v) is 2.98. The van der Waals surface area contributed by atoms with Gasteiger partial charge < -0.3 is 10.5 Å². The number of nitrogens with two attached hydrogens (primary N) is 1. The summed E-state index contributed by atoms with van der Waals surface area (Å²) >= 11 is 0. The summed E-state index contributed by atoms with van der Waals surface area (Å²) in [6.45, 7) is 8.44. The van der Waals surface area contributed by atoms with Crippen molar-refractivity contribution in [3.05, 3.63) is 35.6 Å². The number of hydrogen-bond donors (Lipinski definition) is 1. The van der Waals surface area contributed by atoms with Crippen molar-refractivity contribution in [1.29, 1.82) is 0 Å². The third kappa shape index (κ3) is 3.37. The molecule has 3 unspecified atom stereocenters. The van der Waals surface area contributed by atoms with Crippen LogP contribution in [0, 0.1) is 5.82 Å². The van der Waals surface area contributed by atoms with Crippen LogP contribution in [-0.2, 0) is 11.2 Å². The number of halogens is 1. The summed E-state index contributed by atoms with van der Waals surface area (Å²) in [7, 11) is 0. The zero-order valence-corrected chi connectivity index (χ0v) is 12.6. The van der Waals surface area contributed by atoms with Gasteiger partial charge in [0.25, 0.3) is 0 Å². The molecule has 1 aromatic carbocycles. The predicted molar refractivity (Wildman–Crippen MR) is 79.1 cm³/mol. The van der Waals surface area contributed by atoms with Crippen LogP contribution in [0.3, 0.4) is 0 Å². The van der Waals surface area contributed by atoms with Gasteiger partial charge in [0.15, 0.2) is 0 Å². The van der Waals surface area contributed by atoms with Gasteiger partial charge in [-0.15, -0.1) is 0 Å². The molecule has 2 N–H and O–H groups in total. The fourth-order valence-electron chi connectivity index (χ4n) is 2.98. The van der Waals surface area contributed by atoms with Crippen molar-refractivity contribution in [3.63, 3.8) is 0 Å². The quantitative estimate of drug-likeness (QED) is 0.919. The maximum absolute atomic E-state index is 13.9. The van der Waals surface area contributed by atoms with E-state index in [4.69, 9.17) is 10.5 Å². The first-order valence-electron chi connectivity index (χ1n) is 7.28. The highest BCUT2D eigenvalue weighted by Crippen LogP contribution is 2.25. The molecule has 0 radical (unpaired) electrons. The Morgan fingerprint density at radius 1 is 1.30 bits per heavy atom. The first kappa shape index (κ1) is 15.4. The molecule has 1 fully saturated rings. The van der Waals surface area contributed by atoms with E-state index in [9.17, 15) is 4.39 Å². The number of ether oxygens (including phenoxy) is 1. The largest absolute Gasteiger partial charge is 0.373 e. The van der Waals surface area contributed by atoms with Gasteiger partial charge in [0.1, 0.15) is 5.82 Å². The maximum Gasteiger partial charge on any atom is 0.126 e. The molecule has 0 aromatic heterocycles. The summed E-state index contributed by atoms with van der Waals surface area (Å²) in [6.07, 6.45) is 0.991. The van der Waals surface area contributed by atoms with E-state index in [-0.39, 0.29) is 23.6 Å². The van der Waals surface area contributed by atoms with Crippen LogP contribution < -0.4 is 5.73 Å². The number of benzene rings is 1. The Labute approximate surface area is 120 Å². The van der Waals surface area contributed by atoms with E-state index >= 15 is 0 Å². The van der Waals surface area contributed by atoms with Crippen LogP contribution in [0.1, 0.15) is 26.3 Å². The average Bonchev–Trinajstić information content (AvgIpc) is 2.40. The summed E-state index contributed by atoms with van der Waals surface area (Å²) < 4.78 is 19.7. The SMILES string of the molecule is CC1CN(C(C)(CN)Cc2ccccc2F)CC(C)O1. The third-order valence-corrected chi connectivity index (χ3v) is 4.15. The van der Waals surface area contributed by atoms with E-state index in [1.54, 1.807) is 6.07 Å². The lowest BCUT2D eigenvalue weighted by Gasteiger charge is -2.46. The van der Waals surface area contributed by atoms with Crippen molar-refractivity contribution in [3.8, 4) is 0 Å². The van der Waals surface area contributed by atoms with Gasteiger partial charge in [-0.25, -0.2) is 4.39 Å². The minimum absolute atomic E-state index is 0.151. The lowest BCUT2D eigenvalue weighted by atomic mass is 9.89. The van der Waals surface area contributed by atoms with Crippen molar-refractivity contribution in [1.82, 2.24) is 4.90 Å². The van der Waals surface area contributed by atoms with Crippen LogP contribution >= 0.6 is 0 Å². The van der Waals surface area contributed by atoms with Gasteiger partial charge in [-0.1, -0.05) is 18.2 Å². The molecule has 1 saturated heterocycles. The lowest BCUT2D eigenvalue weighted by Crippen LogP contribution is -2.60. The Hall–Kier alpha value is -0.970. The second kappa shape index (κ2) is 6.20. The van der Waals surface area contributed by atoms with Crippen LogP contribution in [0.4, 0.5) is 4.39 Å². The zero-order valence-electron chi connectivity index (χ0n) is 12.6. The van der Waals surface area contributed by atoms with Crippen LogP contribution in [0.5, 0.6) is 0 Å². The van der Waals surface area contributed by atoms with E-state index in [1.165, 1.54) is 6.07 Å². The molecule has 1 aromatic rings. The average molecular weight is 280 g/mol. The van der Waals surface area contributed by atoms with E-state index in [2.05, 4.69) is 25.7 Å². The van der Waals surface area contributed by atoms with Gasteiger partial charge in [-0.05, 0) is 38.8 Å². The van der Waals surface area contributed by atoms with Crippen molar-refractivity contribution in [2.75, 3.05) is 19.6 Å². The van der Waals surface area contributed by atoms with Gasteiger partial charge in [0.05, 0.1) is 12.2 Å². The molecule has 0 amide bonds. The standard InChI is InChI=1S/C16H25FN2O/c1-12-9-19(10-13(2)20-12)16(3,11-18)8-14-6-4-5-7-15(14)17/h4-7,12-13H,8-11,18H2,1-3H3. The van der Waals surface area contributed by atoms with Crippen molar-refractivity contribution >= 4 is 0 Å². The Morgan fingerprint density at radius 2 is 1.90 bits per heavy atom. The predicted octanol–water partition coefficient (Wildman–Crippen LogP) is 2.19. The van der Waals surface area contributed by atoms with Gasteiger partial charge in [-0.2, -0.15) is 0 Å².